The van der Waals surface area contributed by atoms with Crippen LogP contribution in [0.3, 0.4) is 0 Å². The van der Waals surface area contributed by atoms with Gasteiger partial charge in [0.05, 0.1) is 21.7 Å². The first-order valence-electron chi connectivity index (χ1n) is 5.70. The minimum absolute atomic E-state index is 0.0103. The first-order valence-corrected chi connectivity index (χ1v) is 7.98. The average Bonchev–Trinajstić information content (AvgIpc) is 2.42. The molecule has 0 atom stereocenters. The van der Waals surface area contributed by atoms with E-state index in [9.17, 15) is 17.2 Å². The van der Waals surface area contributed by atoms with Gasteiger partial charge in [-0.3, -0.25) is 4.72 Å². The largest absolute Gasteiger partial charge is 0.392 e. The normalized spacial score (nSPS) is 11.4. The predicted octanol–water partition coefficient (Wildman–Crippen LogP) is 3.02. The number of hydrogen-bond donors (Lipinski definition) is 2. The van der Waals surface area contributed by atoms with Gasteiger partial charge in [0.15, 0.2) is 0 Å². The molecule has 0 aliphatic rings. The Balaban J connectivity index is 2.42. The Kier molecular flexibility index (Phi) is 4.60. The molecular formula is C13H10BrF2NO3S. The van der Waals surface area contributed by atoms with Crippen LogP contribution in [0.2, 0.25) is 0 Å². The highest BCUT2D eigenvalue weighted by molar-refractivity contribution is 9.10. The fourth-order valence-corrected chi connectivity index (χ4v) is 3.22. The molecule has 21 heavy (non-hydrogen) atoms. The molecule has 0 heterocycles. The van der Waals surface area contributed by atoms with E-state index in [1.54, 1.807) is 0 Å². The summed E-state index contributed by atoms with van der Waals surface area (Å²) in [5.74, 6) is -1.40. The SMILES string of the molecule is O=S(=O)(Nc1ccc(Br)c(F)c1)c1cc(F)ccc1CO. The molecular weight excluding hydrogens is 368 g/mol. The van der Waals surface area contributed by atoms with Gasteiger partial charge in [0, 0.05) is 0 Å². The summed E-state index contributed by atoms with van der Waals surface area (Å²) < 4.78 is 53.4. The third-order valence-electron chi connectivity index (χ3n) is 2.66. The third kappa shape index (κ3) is 3.58. The minimum Gasteiger partial charge on any atom is -0.392 e. The van der Waals surface area contributed by atoms with Crippen molar-refractivity contribution in [2.45, 2.75) is 11.5 Å². The van der Waals surface area contributed by atoms with Crippen LogP contribution in [0.1, 0.15) is 5.56 Å². The van der Waals surface area contributed by atoms with Crippen molar-refractivity contribution in [3.8, 4) is 0 Å². The molecule has 0 fully saturated rings. The maximum atomic E-state index is 13.4. The van der Waals surface area contributed by atoms with Gasteiger partial charge in [-0.1, -0.05) is 6.07 Å². The lowest BCUT2D eigenvalue weighted by Crippen LogP contribution is -2.15. The Labute approximate surface area is 128 Å². The van der Waals surface area contributed by atoms with Crippen molar-refractivity contribution in [3.63, 3.8) is 0 Å². The molecule has 2 aromatic rings. The lowest BCUT2D eigenvalue weighted by atomic mass is 10.2. The summed E-state index contributed by atoms with van der Waals surface area (Å²) in [6.07, 6.45) is 0. The summed E-state index contributed by atoms with van der Waals surface area (Å²) in [7, 11) is -4.14. The maximum absolute atomic E-state index is 13.4. The zero-order valence-electron chi connectivity index (χ0n) is 10.5. The van der Waals surface area contributed by atoms with Crippen LogP contribution in [0.4, 0.5) is 14.5 Å². The lowest BCUT2D eigenvalue weighted by Gasteiger charge is -2.11. The molecule has 0 aliphatic heterocycles. The first-order chi connectivity index (χ1) is 9.83. The highest BCUT2D eigenvalue weighted by Gasteiger charge is 2.19. The van der Waals surface area contributed by atoms with Gasteiger partial charge in [-0.2, -0.15) is 0 Å². The smallest absolute Gasteiger partial charge is 0.262 e. The lowest BCUT2D eigenvalue weighted by molar-refractivity contribution is 0.278. The first kappa shape index (κ1) is 15.9. The van der Waals surface area contributed by atoms with E-state index in [4.69, 9.17) is 5.11 Å². The number of halogens is 3. The van der Waals surface area contributed by atoms with Crippen LogP contribution in [0.15, 0.2) is 45.8 Å². The van der Waals surface area contributed by atoms with Crippen LogP contribution in [0.25, 0.3) is 0 Å². The summed E-state index contributed by atoms with van der Waals surface area (Å²) in [6.45, 7) is -0.564. The second kappa shape index (κ2) is 6.08. The van der Waals surface area contributed by atoms with Crippen LogP contribution < -0.4 is 4.72 Å². The maximum Gasteiger partial charge on any atom is 0.262 e. The topological polar surface area (TPSA) is 66.4 Å². The van der Waals surface area contributed by atoms with E-state index in [1.807, 2.05) is 0 Å². The van der Waals surface area contributed by atoms with Crippen molar-refractivity contribution < 1.29 is 22.3 Å². The molecule has 2 rings (SSSR count). The molecule has 2 N–H and O–H groups in total. The summed E-state index contributed by atoms with van der Waals surface area (Å²) in [5.41, 5.74) is 0.0327. The molecule has 0 bridgehead atoms. The van der Waals surface area contributed by atoms with E-state index in [0.717, 1.165) is 18.2 Å². The van der Waals surface area contributed by atoms with Crippen molar-refractivity contribution in [1.29, 1.82) is 0 Å². The van der Waals surface area contributed by atoms with E-state index >= 15 is 0 Å². The van der Waals surface area contributed by atoms with Gasteiger partial charge in [-0.25, -0.2) is 17.2 Å². The summed E-state index contributed by atoms with van der Waals surface area (Å²) in [6, 6.07) is 6.69. The van der Waals surface area contributed by atoms with Gasteiger partial charge in [0.25, 0.3) is 10.0 Å². The van der Waals surface area contributed by atoms with Crippen molar-refractivity contribution >= 4 is 31.6 Å². The van der Waals surface area contributed by atoms with Crippen molar-refractivity contribution in [2.75, 3.05) is 4.72 Å². The number of aliphatic hydroxyl groups is 1. The van der Waals surface area contributed by atoms with E-state index in [2.05, 4.69) is 20.7 Å². The average molecular weight is 378 g/mol. The molecule has 0 unspecified atom stereocenters. The van der Waals surface area contributed by atoms with Gasteiger partial charge < -0.3 is 5.11 Å². The number of hydrogen-bond acceptors (Lipinski definition) is 3. The van der Waals surface area contributed by atoms with Crippen molar-refractivity contribution in [3.05, 3.63) is 58.1 Å². The summed E-state index contributed by atoms with van der Waals surface area (Å²) in [4.78, 5) is -0.395. The van der Waals surface area contributed by atoms with Crippen molar-refractivity contribution in [2.24, 2.45) is 0 Å². The minimum atomic E-state index is -4.14. The van der Waals surface area contributed by atoms with Crippen LogP contribution in [-0.2, 0) is 16.6 Å². The van der Waals surface area contributed by atoms with Gasteiger partial charge in [-0.15, -0.1) is 0 Å². The standard InChI is InChI=1S/C13H10BrF2NO3S/c14-11-4-3-10(6-12(11)16)17-21(19,20)13-5-9(15)2-1-8(13)7-18/h1-6,17-18H,7H2. The monoisotopic (exact) mass is 377 g/mol. The molecule has 0 aromatic heterocycles. The third-order valence-corrected chi connectivity index (χ3v) is 4.77. The molecule has 0 saturated heterocycles. The molecule has 0 amide bonds. The molecule has 2 aromatic carbocycles. The van der Waals surface area contributed by atoms with Crippen molar-refractivity contribution in [1.82, 2.24) is 0 Å². The molecule has 8 heteroatoms. The van der Waals surface area contributed by atoms with Gasteiger partial charge in [0.2, 0.25) is 0 Å². The Hall–Kier alpha value is -1.51. The Morgan fingerprint density at radius 2 is 1.86 bits per heavy atom. The Morgan fingerprint density at radius 1 is 1.14 bits per heavy atom. The van der Waals surface area contributed by atoms with Crippen LogP contribution in [-0.4, -0.2) is 13.5 Å². The second-order valence-corrected chi connectivity index (χ2v) is 6.65. The van der Waals surface area contributed by atoms with Crippen LogP contribution in [0, 0.1) is 11.6 Å². The summed E-state index contributed by atoms with van der Waals surface area (Å²) in [5, 5.41) is 9.14. The molecule has 0 radical (unpaired) electrons. The fourth-order valence-electron chi connectivity index (χ4n) is 1.68. The molecule has 0 aliphatic carbocycles. The number of anilines is 1. The zero-order chi connectivity index (χ0) is 15.6. The number of benzene rings is 2. The van der Waals surface area contributed by atoms with E-state index in [0.29, 0.717) is 0 Å². The number of aliphatic hydroxyl groups excluding tert-OH is 1. The van der Waals surface area contributed by atoms with E-state index in [1.165, 1.54) is 18.2 Å². The molecule has 0 saturated carbocycles. The predicted molar refractivity (Wildman–Crippen MR) is 77.2 cm³/mol. The van der Waals surface area contributed by atoms with Crippen LogP contribution in [0.5, 0.6) is 0 Å². The van der Waals surface area contributed by atoms with Gasteiger partial charge >= 0.3 is 0 Å². The van der Waals surface area contributed by atoms with E-state index < -0.39 is 33.2 Å². The highest BCUT2D eigenvalue weighted by atomic mass is 79.9. The molecule has 112 valence electrons. The fraction of sp³-hybridized carbons (Fsp3) is 0.0769. The summed E-state index contributed by atoms with van der Waals surface area (Å²) >= 11 is 2.95. The highest BCUT2D eigenvalue weighted by Crippen LogP contribution is 2.24. The number of sulfonamides is 1. The molecule has 4 nitrogen and oxygen atoms in total. The quantitative estimate of drug-likeness (QED) is 0.860. The number of rotatable bonds is 4. The Morgan fingerprint density at radius 3 is 2.48 bits per heavy atom. The van der Waals surface area contributed by atoms with Crippen LogP contribution >= 0.6 is 15.9 Å². The zero-order valence-corrected chi connectivity index (χ0v) is 12.9. The van der Waals surface area contributed by atoms with Gasteiger partial charge in [0.1, 0.15) is 11.6 Å². The van der Waals surface area contributed by atoms with E-state index in [-0.39, 0.29) is 15.7 Å². The Bertz CT molecular complexity index is 781. The molecule has 0 spiro atoms. The second-order valence-electron chi connectivity index (χ2n) is 4.14. The van der Waals surface area contributed by atoms with Gasteiger partial charge in [-0.05, 0) is 51.8 Å². The number of nitrogens with one attached hydrogen (secondary N) is 1.